The van der Waals surface area contributed by atoms with Gasteiger partial charge in [0.15, 0.2) is 11.2 Å². The Morgan fingerprint density at radius 1 is 1.17 bits per heavy atom. The summed E-state index contributed by atoms with van der Waals surface area (Å²) in [7, 11) is 4.89. The predicted octanol–water partition coefficient (Wildman–Crippen LogP) is 2.11. The van der Waals surface area contributed by atoms with E-state index < -0.39 is 0 Å². The molecule has 4 rings (SSSR count). The average molecular weight is 413 g/mol. The number of benzene rings is 1. The van der Waals surface area contributed by atoms with Crippen molar-refractivity contribution in [2.24, 2.45) is 13.0 Å². The Hall–Kier alpha value is -3.23. The summed E-state index contributed by atoms with van der Waals surface area (Å²) in [4.78, 5) is 32.7. The Kier molecular flexibility index (Phi) is 5.05. The first-order valence-electron chi connectivity index (χ1n) is 10.1. The number of methoxy groups -OCH3 is 2. The zero-order chi connectivity index (χ0) is 21.6. The zero-order valence-corrected chi connectivity index (χ0v) is 18.0. The number of hydrogen-bond donors (Lipinski definition) is 0. The molecular formula is C21H27N5O4. The van der Waals surface area contributed by atoms with E-state index in [0.29, 0.717) is 54.7 Å². The van der Waals surface area contributed by atoms with E-state index in [1.807, 2.05) is 34.6 Å². The fourth-order valence-electron chi connectivity index (χ4n) is 4.14. The molecule has 0 bridgehead atoms. The molecule has 0 radical (unpaired) electrons. The van der Waals surface area contributed by atoms with Crippen LogP contribution in [-0.2, 0) is 20.1 Å². The normalized spacial score (nSPS) is 16.0. The van der Waals surface area contributed by atoms with Crippen LogP contribution in [0, 0.1) is 5.92 Å². The lowest BCUT2D eigenvalue weighted by Crippen LogP contribution is -2.40. The number of hydrogen-bond acceptors (Lipinski definition) is 6. The number of ether oxygens (including phenoxy) is 2. The van der Waals surface area contributed by atoms with Crippen LogP contribution in [0.5, 0.6) is 11.5 Å². The molecule has 1 aliphatic heterocycles. The topological polar surface area (TPSA) is 83.5 Å². The van der Waals surface area contributed by atoms with Crippen LogP contribution in [0.4, 0.5) is 11.6 Å². The highest BCUT2D eigenvalue weighted by Crippen LogP contribution is 2.39. The Balaban J connectivity index is 1.99. The third-order valence-corrected chi connectivity index (χ3v) is 5.57. The summed E-state index contributed by atoms with van der Waals surface area (Å²) in [6.07, 6.45) is 0.702. The van der Waals surface area contributed by atoms with Crippen LogP contribution in [0.15, 0.2) is 27.8 Å². The highest BCUT2D eigenvalue weighted by Gasteiger charge is 2.31. The van der Waals surface area contributed by atoms with Crippen molar-refractivity contribution in [3.05, 3.63) is 39.0 Å². The Morgan fingerprint density at radius 3 is 2.60 bits per heavy atom. The minimum atomic E-state index is -0.341. The minimum absolute atomic E-state index is 0.262. The molecule has 2 aromatic heterocycles. The molecule has 1 aromatic carbocycles. The summed E-state index contributed by atoms with van der Waals surface area (Å²) >= 11 is 0. The van der Waals surface area contributed by atoms with Crippen LogP contribution < -0.4 is 25.6 Å². The van der Waals surface area contributed by atoms with Crippen LogP contribution in [0.25, 0.3) is 11.2 Å². The van der Waals surface area contributed by atoms with E-state index >= 15 is 0 Å². The van der Waals surface area contributed by atoms with Gasteiger partial charge in [-0.15, -0.1) is 0 Å². The molecular weight excluding hydrogens is 386 g/mol. The highest BCUT2D eigenvalue weighted by molar-refractivity contribution is 5.78. The maximum atomic E-state index is 13.2. The minimum Gasteiger partial charge on any atom is -0.497 e. The summed E-state index contributed by atoms with van der Waals surface area (Å²) in [6.45, 7) is 5.82. The Labute approximate surface area is 174 Å². The van der Waals surface area contributed by atoms with Crippen molar-refractivity contribution in [2.45, 2.75) is 33.4 Å². The summed E-state index contributed by atoms with van der Waals surface area (Å²) < 4.78 is 15.6. The predicted molar refractivity (Wildman–Crippen MR) is 115 cm³/mol. The molecule has 0 amide bonds. The molecule has 160 valence electrons. The molecule has 1 atom stereocenters. The molecule has 0 saturated heterocycles. The molecule has 0 unspecified atom stereocenters. The van der Waals surface area contributed by atoms with Gasteiger partial charge in [-0.05, 0) is 24.5 Å². The molecule has 0 N–H and O–H groups in total. The molecule has 30 heavy (non-hydrogen) atoms. The van der Waals surface area contributed by atoms with Crippen LogP contribution in [0.1, 0.15) is 20.3 Å². The first-order chi connectivity index (χ1) is 14.4. The van der Waals surface area contributed by atoms with Crippen molar-refractivity contribution in [3.63, 3.8) is 0 Å². The highest BCUT2D eigenvalue weighted by atomic mass is 16.5. The van der Waals surface area contributed by atoms with Gasteiger partial charge in [0.25, 0.3) is 5.56 Å². The smallest absolute Gasteiger partial charge is 0.332 e. The van der Waals surface area contributed by atoms with Gasteiger partial charge < -0.3 is 18.9 Å². The van der Waals surface area contributed by atoms with E-state index in [4.69, 9.17) is 14.5 Å². The van der Waals surface area contributed by atoms with Crippen LogP contribution in [0.3, 0.4) is 0 Å². The summed E-state index contributed by atoms with van der Waals surface area (Å²) in [5.41, 5.74) is 1.07. The first-order valence-corrected chi connectivity index (χ1v) is 10.1. The molecule has 0 saturated carbocycles. The van der Waals surface area contributed by atoms with Gasteiger partial charge in [0.05, 0.1) is 19.9 Å². The van der Waals surface area contributed by atoms with Gasteiger partial charge in [-0.25, -0.2) is 4.79 Å². The van der Waals surface area contributed by atoms with E-state index in [2.05, 4.69) is 6.92 Å². The summed E-state index contributed by atoms with van der Waals surface area (Å²) in [6, 6.07) is 5.62. The Bertz CT molecular complexity index is 1220. The SMILES string of the molecule is CCCn1c(=O)c2c(nc3n2C[C@H](C)CN3c2ccc(OC)cc2OC)n(C)c1=O. The van der Waals surface area contributed by atoms with Gasteiger partial charge in [-0.1, -0.05) is 13.8 Å². The lowest BCUT2D eigenvalue weighted by molar-refractivity contribution is 0.392. The molecule has 9 nitrogen and oxygen atoms in total. The second-order valence-electron chi connectivity index (χ2n) is 7.75. The summed E-state index contributed by atoms with van der Waals surface area (Å²) in [5.74, 6) is 2.24. The monoisotopic (exact) mass is 413 g/mol. The number of aryl methyl sites for hydroxylation is 1. The van der Waals surface area contributed by atoms with Gasteiger partial charge in [-0.2, -0.15) is 4.98 Å². The van der Waals surface area contributed by atoms with Crippen LogP contribution in [-0.4, -0.2) is 39.4 Å². The molecule has 0 aliphatic carbocycles. The lowest BCUT2D eigenvalue weighted by atomic mass is 10.1. The van der Waals surface area contributed by atoms with Crippen molar-refractivity contribution < 1.29 is 9.47 Å². The van der Waals surface area contributed by atoms with E-state index in [1.165, 1.54) is 9.13 Å². The van der Waals surface area contributed by atoms with E-state index in [-0.39, 0.29) is 17.2 Å². The molecule has 0 spiro atoms. The molecule has 0 fully saturated rings. The van der Waals surface area contributed by atoms with Crippen molar-refractivity contribution in [2.75, 3.05) is 25.7 Å². The van der Waals surface area contributed by atoms with Crippen molar-refractivity contribution in [3.8, 4) is 11.5 Å². The second kappa shape index (κ2) is 7.55. The molecule has 3 heterocycles. The third-order valence-electron chi connectivity index (χ3n) is 5.57. The third kappa shape index (κ3) is 2.96. The van der Waals surface area contributed by atoms with E-state index in [9.17, 15) is 9.59 Å². The van der Waals surface area contributed by atoms with Gasteiger partial charge in [0, 0.05) is 32.7 Å². The zero-order valence-electron chi connectivity index (χ0n) is 18.0. The number of imidazole rings is 1. The lowest BCUT2D eigenvalue weighted by Gasteiger charge is -2.33. The second-order valence-corrected chi connectivity index (χ2v) is 7.75. The quantitative estimate of drug-likeness (QED) is 0.637. The number of aromatic nitrogens is 4. The fraction of sp³-hybridized carbons (Fsp3) is 0.476. The van der Waals surface area contributed by atoms with Crippen molar-refractivity contribution >= 4 is 22.8 Å². The maximum Gasteiger partial charge on any atom is 0.332 e. The standard InChI is InChI=1S/C21H27N5O4/c1-6-9-24-19(27)17-18(23(3)21(24)28)22-20-25(11-13(2)12-26(17)20)15-8-7-14(29-4)10-16(15)30-5/h7-8,10,13H,6,9,11-12H2,1-5H3/t13-/m1/s1. The van der Waals surface area contributed by atoms with Crippen molar-refractivity contribution in [1.82, 2.24) is 18.7 Å². The van der Waals surface area contributed by atoms with Gasteiger partial charge in [0.1, 0.15) is 11.5 Å². The number of nitrogens with zero attached hydrogens (tertiary/aromatic N) is 5. The van der Waals surface area contributed by atoms with Crippen LogP contribution >= 0.6 is 0 Å². The van der Waals surface area contributed by atoms with Gasteiger partial charge in [0.2, 0.25) is 5.95 Å². The largest absolute Gasteiger partial charge is 0.497 e. The van der Waals surface area contributed by atoms with E-state index in [1.54, 1.807) is 21.3 Å². The number of anilines is 2. The fourth-order valence-corrected chi connectivity index (χ4v) is 4.14. The van der Waals surface area contributed by atoms with Crippen molar-refractivity contribution in [1.29, 1.82) is 0 Å². The summed E-state index contributed by atoms with van der Waals surface area (Å²) in [5, 5.41) is 0. The van der Waals surface area contributed by atoms with E-state index in [0.717, 1.165) is 5.69 Å². The molecule has 3 aromatic rings. The molecule has 9 heteroatoms. The van der Waals surface area contributed by atoms with Gasteiger partial charge >= 0.3 is 5.69 Å². The maximum absolute atomic E-state index is 13.2. The number of rotatable bonds is 5. The number of fused-ring (bicyclic) bond motifs is 3. The van der Waals surface area contributed by atoms with Gasteiger partial charge in [-0.3, -0.25) is 13.9 Å². The Morgan fingerprint density at radius 2 is 1.93 bits per heavy atom. The van der Waals surface area contributed by atoms with Crippen LogP contribution in [0.2, 0.25) is 0 Å². The average Bonchev–Trinajstić information content (AvgIpc) is 3.13. The molecule has 1 aliphatic rings. The first kappa shape index (κ1) is 20.1.